The molecule has 186 valence electrons. The number of dihydropyridines is 1. The van der Waals surface area contributed by atoms with Crippen molar-refractivity contribution in [1.82, 2.24) is 10.3 Å². The first-order valence-corrected chi connectivity index (χ1v) is 12.9. The van der Waals surface area contributed by atoms with E-state index >= 15 is 0 Å². The molecule has 0 aliphatic carbocycles. The van der Waals surface area contributed by atoms with Gasteiger partial charge in [0.15, 0.2) is 0 Å². The fourth-order valence-corrected chi connectivity index (χ4v) is 5.42. The predicted molar refractivity (Wildman–Crippen MR) is 142 cm³/mol. The molecule has 0 amide bonds. The summed E-state index contributed by atoms with van der Waals surface area (Å²) >= 11 is 1.53. The van der Waals surface area contributed by atoms with Gasteiger partial charge in [-0.05, 0) is 46.2 Å². The number of nitrogens with zero attached hydrogens (tertiary/aromatic N) is 1. The van der Waals surface area contributed by atoms with Crippen LogP contribution in [0.5, 0.6) is 0 Å². The third kappa shape index (κ3) is 4.97. The number of allylic oxidation sites excluding steroid dienone is 2. The molecule has 6 nitrogen and oxygen atoms in total. The van der Waals surface area contributed by atoms with E-state index in [0.29, 0.717) is 22.5 Å². The molecule has 3 aromatic rings. The first kappa shape index (κ1) is 25.4. The van der Waals surface area contributed by atoms with Crippen LogP contribution < -0.4 is 5.32 Å². The molecule has 0 spiro atoms. The molecule has 1 aliphatic heterocycles. The summed E-state index contributed by atoms with van der Waals surface area (Å²) < 4.78 is 10.8. The van der Waals surface area contributed by atoms with Crippen LogP contribution >= 0.6 is 11.3 Å². The molecule has 0 atom stereocenters. The Morgan fingerprint density at radius 3 is 2.17 bits per heavy atom. The average molecular weight is 503 g/mol. The lowest BCUT2D eigenvalue weighted by molar-refractivity contribution is -0.139. The molecule has 1 aromatic heterocycles. The minimum atomic E-state index is -0.660. The Balaban J connectivity index is 1.88. The number of carbonyl (C=O) groups is 2. The lowest BCUT2D eigenvalue weighted by atomic mass is 9.78. The van der Waals surface area contributed by atoms with Gasteiger partial charge in [0, 0.05) is 27.9 Å². The van der Waals surface area contributed by atoms with Crippen LogP contribution in [0, 0.1) is 6.92 Å². The number of benzene rings is 2. The highest BCUT2D eigenvalue weighted by atomic mass is 32.1. The minimum absolute atomic E-state index is 0.230. The fraction of sp³-hybridized carbons (Fsp3) is 0.276. The van der Waals surface area contributed by atoms with Crippen molar-refractivity contribution in [2.24, 2.45) is 0 Å². The second-order valence-electron chi connectivity index (χ2n) is 8.57. The zero-order chi connectivity index (χ0) is 25.8. The van der Waals surface area contributed by atoms with Crippen molar-refractivity contribution in [2.45, 2.75) is 40.5 Å². The molecule has 0 bridgehead atoms. The van der Waals surface area contributed by atoms with Gasteiger partial charge in [-0.2, -0.15) is 0 Å². The molecular weight excluding hydrogens is 472 g/mol. The topological polar surface area (TPSA) is 77.5 Å². The molecule has 4 rings (SSSR count). The average Bonchev–Trinajstić information content (AvgIpc) is 3.34. The number of aryl methyl sites for hydroxylation is 1. The molecule has 0 unspecified atom stereocenters. The molecule has 0 saturated carbocycles. The van der Waals surface area contributed by atoms with Gasteiger partial charge in [0.2, 0.25) is 0 Å². The highest BCUT2D eigenvalue weighted by Gasteiger charge is 2.39. The Labute approximate surface area is 215 Å². The molecule has 2 heterocycles. The van der Waals surface area contributed by atoms with Gasteiger partial charge in [0.25, 0.3) is 0 Å². The van der Waals surface area contributed by atoms with Crippen LogP contribution in [0.15, 0.2) is 76.5 Å². The van der Waals surface area contributed by atoms with Crippen molar-refractivity contribution in [3.8, 4) is 21.8 Å². The Morgan fingerprint density at radius 1 is 0.917 bits per heavy atom. The van der Waals surface area contributed by atoms with E-state index < -0.39 is 17.9 Å². The molecule has 1 N–H and O–H groups in total. The quantitative estimate of drug-likeness (QED) is 0.391. The summed E-state index contributed by atoms with van der Waals surface area (Å²) in [5.41, 5.74) is 6.85. The summed E-state index contributed by atoms with van der Waals surface area (Å²) in [6.45, 7) is 9.70. The number of rotatable bonds is 7. The second kappa shape index (κ2) is 10.9. The third-order valence-corrected chi connectivity index (χ3v) is 6.95. The number of carbonyl (C=O) groups excluding carboxylic acids is 2. The molecule has 2 aromatic carbocycles. The summed E-state index contributed by atoms with van der Waals surface area (Å²) in [6, 6.07) is 16.0. The van der Waals surface area contributed by atoms with Crippen LogP contribution in [0.3, 0.4) is 0 Å². The normalized spacial score (nSPS) is 14.0. The van der Waals surface area contributed by atoms with E-state index in [1.807, 2.05) is 55.6 Å². The van der Waals surface area contributed by atoms with Crippen LogP contribution in [0.25, 0.3) is 21.8 Å². The number of nitrogens with one attached hydrogen (secondary N) is 1. The van der Waals surface area contributed by atoms with Crippen LogP contribution in [0.1, 0.15) is 44.7 Å². The molecule has 0 fully saturated rings. The lowest BCUT2D eigenvalue weighted by Crippen LogP contribution is -2.32. The van der Waals surface area contributed by atoms with E-state index in [-0.39, 0.29) is 13.2 Å². The van der Waals surface area contributed by atoms with Gasteiger partial charge in [-0.25, -0.2) is 14.6 Å². The van der Waals surface area contributed by atoms with Crippen molar-refractivity contribution < 1.29 is 19.1 Å². The summed E-state index contributed by atoms with van der Waals surface area (Å²) in [4.78, 5) is 31.3. The molecule has 0 radical (unpaired) electrons. The molecular formula is C29H30N2O4S. The van der Waals surface area contributed by atoms with E-state index in [2.05, 4.69) is 24.4 Å². The molecule has 7 heteroatoms. The fourth-order valence-electron chi connectivity index (χ4n) is 4.54. The Hall–Kier alpha value is -3.71. The van der Waals surface area contributed by atoms with Crippen molar-refractivity contribution in [3.05, 3.63) is 87.6 Å². The number of hydrogen-bond donors (Lipinski definition) is 1. The van der Waals surface area contributed by atoms with Gasteiger partial charge < -0.3 is 14.8 Å². The van der Waals surface area contributed by atoms with Gasteiger partial charge in [0.1, 0.15) is 5.01 Å². The van der Waals surface area contributed by atoms with Crippen LogP contribution in [-0.2, 0) is 19.1 Å². The predicted octanol–water partition coefficient (Wildman–Crippen LogP) is 6.15. The van der Waals surface area contributed by atoms with Gasteiger partial charge in [-0.3, -0.25) is 0 Å². The van der Waals surface area contributed by atoms with Gasteiger partial charge in [0.05, 0.1) is 36.0 Å². The SMILES string of the molecule is CCOC(=O)C1=C(C)NC(C)=C(C(=O)OCC)C1c1ccccc1-c1nc(-c2cccc(C)c2)cs1. The monoisotopic (exact) mass is 502 g/mol. The number of hydrogen-bond acceptors (Lipinski definition) is 7. The van der Waals surface area contributed by atoms with E-state index in [4.69, 9.17) is 14.5 Å². The first-order chi connectivity index (χ1) is 17.3. The van der Waals surface area contributed by atoms with Crippen molar-refractivity contribution in [2.75, 3.05) is 13.2 Å². The van der Waals surface area contributed by atoms with Gasteiger partial charge >= 0.3 is 11.9 Å². The summed E-state index contributed by atoms with van der Waals surface area (Å²) in [7, 11) is 0. The Bertz CT molecular complexity index is 1330. The highest BCUT2D eigenvalue weighted by molar-refractivity contribution is 7.13. The van der Waals surface area contributed by atoms with Crippen molar-refractivity contribution >= 4 is 23.3 Å². The highest BCUT2D eigenvalue weighted by Crippen LogP contribution is 2.44. The van der Waals surface area contributed by atoms with E-state index in [0.717, 1.165) is 33.0 Å². The van der Waals surface area contributed by atoms with E-state index in [1.54, 1.807) is 13.8 Å². The summed E-state index contributed by atoms with van der Waals surface area (Å²) in [6.07, 6.45) is 0. The van der Waals surface area contributed by atoms with Crippen LogP contribution in [-0.4, -0.2) is 30.1 Å². The van der Waals surface area contributed by atoms with Crippen LogP contribution in [0.2, 0.25) is 0 Å². The second-order valence-corrected chi connectivity index (χ2v) is 9.43. The zero-order valence-electron chi connectivity index (χ0n) is 21.2. The van der Waals surface area contributed by atoms with E-state index in [1.165, 1.54) is 11.3 Å². The lowest BCUT2D eigenvalue weighted by Gasteiger charge is -2.31. The minimum Gasteiger partial charge on any atom is -0.463 e. The summed E-state index contributed by atoms with van der Waals surface area (Å²) in [5.74, 6) is -1.58. The third-order valence-electron chi connectivity index (χ3n) is 6.07. The Morgan fingerprint density at radius 2 is 1.56 bits per heavy atom. The van der Waals surface area contributed by atoms with Crippen molar-refractivity contribution in [3.63, 3.8) is 0 Å². The first-order valence-electron chi connectivity index (χ1n) is 12.0. The van der Waals surface area contributed by atoms with Gasteiger partial charge in [-0.15, -0.1) is 11.3 Å². The summed E-state index contributed by atoms with van der Waals surface area (Å²) in [5, 5.41) is 6.03. The standard InChI is InChI=1S/C29H30N2O4S/c1-6-34-28(32)24-18(4)30-19(5)25(29(33)35-7-2)26(24)21-13-8-9-14-22(21)27-31-23(16-36-27)20-12-10-11-17(3)15-20/h8-16,26,30H,6-7H2,1-5H3. The Kier molecular flexibility index (Phi) is 7.70. The molecule has 36 heavy (non-hydrogen) atoms. The number of aromatic nitrogens is 1. The largest absolute Gasteiger partial charge is 0.463 e. The van der Waals surface area contributed by atoms with Crippen molar-refractivity contribution in [1.29, 1.82) is 0 Å². The zero-order valence-corrected chi connectivity index (χ0v) is 22.0. The smallest absolute Gasteiger partial charge is 0.336 e. The van der Waals surface area contributed by atoms with Crippen LogP contribution in [0.4, 0.5) is 0 Å². The maximum Gasteiger partial charge on any atom is 0.336 e. The molecule has 1 aliphatic rings. The number of esters is 2. The maximum absolute atomic E-state index is 13.2. The van der Waals surface area contributed by atoms with E-state index in [9.17, 15) is 9.59 Å². The molecule has 0 saturated heterocycles. The van der Waals surface area contributed by atoms with Gasteiger partial charge in [-0.1, -0.05) is 48.0 Å². The maximum atomic E-state index is 13.2. The number of thiazole rings is 1. The number of ether oxygens (including phenoxy) is 2.